The van der Waals surface area contributed by atoms with E-state index in [9.17, 15) is 14.4 Å². The van der Waals surface area contributed by atoms with E-state index in [4.69, 9.17) is 4.74 Å². The number of benzene rings is 2. The third kappa shape index (κ3) is 6.33. The number of nitrogens with one attached hydrogen (secondary N) is 2. The number of esters is 1. The third-order valence-corrected chi connectivity index (χ3v) is 5.71. The van der Waals surface area contributed by atoms with Crippen molar-refractivity contribution in [3.8, 4) is 0 Å². The van der Waals surface area contributed by atoms with Crippen LogP contribution in [0, 0.1) is 5.92 Å². The zero-order valence-corrected chi connectivity index (χ0v) is 18.7. The molecule has 1 aliphatic rings. The van der Waals surface area contributed by atoms with Gasteiger partial charge in [0.25, 0.3) is 5.91 Å². The van der Waals surface area contributed by atoms with Crippen LogP contribution in [0.3, 0.4) is 0 Å². The lowest BCUT2D eigenvalue weighted by Gasteiger charge is -2.31. The second-order valence-corrected chi connectivity index (χ2v) is 7.94. The van der Waals surface area contributed by atoms with Gasteiger partial charge < -0.3 is 20.3 Å². The fourth-order valence-electron chi connectivity index (χ4n) is 3.76. The third-order valence-electron chi connectivity index (χ3n) is 5.71. The van der Waals surface area contributed by atoms with Crippen molar-refractivity contribution in [3.63, 3.8) is 0 Å². The van der Waals surface area contributed by atoms with Gasteiger partial charge in [0.15, 0.2) is 0 Å². The number of rotatable bonds is 8. The molecule has 1 fully saturated rings. The fraction of sp³-hybridized carbons (Fsp3) is 0.400. The maximum atomic E-state index is 12.5. The predicted molar refractivity (Wildman–Crippen MR) is 123 cm³/mol. The molecule has 0 spiro atoms. The van der Waals surface area contributed by atoms with Crippen molar-refractivity contribution in [2.75, 3.05) is 31.6 Å². The van der Waals surface area contributed by atoms with E-state index in [0.29, 0.717) is 38.1 Å². The highest BCUT2D eigenvalue weighted by Crippen LogP contribution is 2.19. The number of likely N-dealkylation sites (tertiary alicyclic amines) is 1. The lowest BCUT2D eigenvalue weighted by atomic mass is 9.97. The van der Waals surface area contributed by atoms with E-state index in [1.165, 1.54) is 0 Å². The molecule has 1 atom stereocenters. The van der Waals surface area contributed by atoms with Gasteiger partial charge in [-0.15, -0.1) is 0 Å². The summed E-state index contributed by atoms with van der Waals surface area (Å²) in [6.07, 6.45) is 1.27. The van der Waals surface area contributed by atoms with Crippen LogP contribution in [0.25, 0.3) is 0 Å². The summed E-state index contributed by atoms with van der Waals surface area (Å²) in [5, 5.41) is 6.11. The van der Waals surface area contributed by atoms with Crippen molar-refractivity contribution in [3.05, 3.63) is 65.7 Å². The lowest BCUT2D eigenvalue weighted by Crippen LogP contribution is -2.43. The molecular formula is C25H31N3O4. The SMILES string of the molecule is CCOC(=O)C1CCN(C(=O)CNc2ccc(C(=O)NC(C)c3ccccc3)cc2)CC1. The highest BCUT2D eigenvalue weighted by atomic mass is 16.5. The average molecular weight is 438 g/mol. The topological polar surface area (TPSA) is 87.7 Å². The van der Waals surface area contributed by atoms with Crippen molar-refractivity contribution >= 4 is 23.5 Å². The Balaban J connectivity index is 1.44. The summed E-state index contributed by atoms with van der Waals surface area (Å²) in [5.74, 6) is -0.436. The summed E-state index contributed by atoms with van der Waals surface area (Å²) in [4.78, 5) is 38.6. The normalized spacial score (nSPS) is 15.0. The quantitative estimate of drug-likeness (QED) is 0.618. The Morgan fingerprint density at radius 1 is 1.03 bits per heavy atom. The van der Waals surface area contributed by atoms with Gasteiger partial charge in [0, 0.05) is 24.3 Å². The van der Waals surface area contributed by atoms with Gasteiger partial charge in [0.05, 0.1) is 25.1 Å². The first-order valence-corrected chi connectivity index (χ1v) is 11.1. The van der Waals surface area contributed by atoms with E-state index < -0.39 is 0 Å². The van der Waals surface area contributed by atoms with Gasteiger partial charge in [-0.3, -0.25) is 14.4 Å². The summed E-state index contributed by atoms with van der Waals surface area (Å²) < 4.78 is 5.07. The van der Waals surface area contributed by atoms with Crippen LogP contribution in [-0.4, -0.2) is 48.9 Å². The molecule has 32 heavy (non-hydrogen) atoms. The number of nitrogens with zero attached hydrogens (tertiary/aromatic N) is 1. The van der Waals surface area contributed by atoms with Crippen LogP contribution in [0.4, 0.5) is 5.69 Å². The minimum atomic E-state index is -0.167. The molecule has 2 aromatic rings. The largest absolute Gasteiger partial charge is 0.466 e. The molecule has 1 heterocycles. The maximum Gasteiger partial charge on any atom is 0.309 e. The van der Waals surface area contributed by atoms with Gasteiger partial charge in [-0.25, -0.2) is 0 Å². The van der Waals surface area contributed by atoms with Crippen molar-refractivity contribution < 1.29 is 19.1 Å². The highest BCUT2D eigenvalue weighted by Gasteiger charge is 2.27. The number of carbonyl (C=O) groups is 3. The van der Waals surface area contributed by atoms with Crippen LogP contribution >= 0.6 is 0 Å². The molecule has 0 saturated carbocycles. The number of amides is 2. The monoisotopic (exact) mass is 437 g/mol. The molecule has 0 aromatic heterocycles. The van der Waals surface area contributed by atoms with Gasteiger partial charge in [0.2, 0.25) is 5.91 Å². The van der Waals surface area contributed by atoms with Crippen LogP contribution in [0.1, 0.15) is 48.7 Å². The molecule has 2 aromatic carbocycles. The predicted octanol–water partition coefficient (Wildman–Crippen LogP) is 3.39. The zero-order chi connectivity index (χ0) is 22.9. The Morgan fingerprint density at radius 3 is 2.31 bits per heavy atom. The van der Waals surface area contributed by atoms with Gasteiger partial charge in [0.1, 0.15) is 0 Å². The Morgan fingerprint density at radius 2 is 1.69 bits per heavy atom. The maximum absolute atomic E-state index is 12.5. The second-order valence-electron chi connectivity index (χ2n) is 7.94. The molecule has 7 nitrogen and oxygen atoms in total. The van der Waals surface area contributed by atoms with E-state index in [1.807, 2.05) is 37.3 Å². The smallest absolute Gasteiger partial charge is 0.309 e. The van der Waals surface area contributed by atoms with Crippen LogP contribution < -0.4 is 10.6 Å². The van der Waals surface area contributed by atoms with Gasteiger partial charge >= 0.3 is 5.97 Å². The lowest BCUT2D eigenvalue weighted by molar-refractivity contribution is -0.151. The number of carbonyl (C=O) groups excluding carboxylic acids is 3. The van der Waals surface area contributed by atoms with Gasteiger partial charge in [-0.05, 0) is 56.5 Å². The van der Waals surface area contributed by atoms with Crippen molar-refractivity contribution in [2.24, 2.45) is 5.92 Å². The van der Waals surface area contributed by atoms with Crippen molar-refractivity contribution in [2.45, 2.75) is 32.7 Å². The number of piperidine rings is 1. The van der Waals surface area contributed by atoms with Crippen LogP contribution in [0.5, 0.6) is 0 Å². The first-order valence-electron chi connectivity index (χ1n) is 11.1. The molecule has 3 rings (SSSR count). The summed E-state index contributed by atoms with van der Waals surface area (Å²) in [6, 6.07) is 16.8. The standard InChI is InChI=1S/C25H31N3O4/c1-3-32-25(31)21-13-15-28(16-14-21)23(29)17-26-22-11-9-20(10-12-22)24(30)27-18(2)19-7-5-4-6-8-19/h4-12,18,21,26H,3,13-17H2,1-2H3,(H,27,30). The van der Waals surface area contributed by atoms with Gasteiger partial charge in [-0.2, -0.15) is 0 Å². The number of anilines is 1. The molecule has 170 valence electrons. The molecule has 0 aliphatic carbocycles. The highest BCUT2D eigenvalue weighted by molar-refractivity contribution is 5.94. The summed E-state index contributed by atoms with van der Waals surface area (Å²) in [6.45, 7) is 5.41. The molecule has 2 amide bonds. The molecule has 0 radical (unpaired) electrons. The fourth-order valence-corrected chi connectivity index (χ4v) is 3.76. The molecule has 0 bridgehead atoms. The first-order chi connectivity index (χ1) is 15.5. The van der Waals surface area contributed by atoms with Crippen LogP contribution in [0.15, 0.2) is 54.6 Å². The number of hydrogen-bond donors (Lipinski definition) is 2. The minimum Gasteiger partial charge on any atom is -0.466 e. The molecule has 1 saturated heterocycles. The van der Waals surface area contributed by atoms with Crippen molar-refractivity contribution in [1.82, 2.24) is 10.2 Å². The molecule has 1 aliphatic heterocycles. The Hall–Kier alpha value is -3.35. The molecule has 7 heteroatoms. The Labute approximate surface area is 189 Å². The Kier molecular flexibility index (Phi) is 8.25. The zero-order valence-electron chi connectivity index (χ0n) is 18.7. The first kappa shape index (κ1) is 23.3. The van der Waals surface area contributed by atoms with E-state index in [-0.39, 0.29) is 36.3 Å². The summed E-state index contributed by atoms with van der Waals surface area (Å²) in [5.41, 5.74) is 2.38. The molecular weight excluding hydrogens is 406 g/mol. The van der Waals surface area contributed by atoms with E-state index >= 15 is 0 Å². The van der Waals surface area contributed by atoms with E-state index in [0.717, 1.165) is 11.3 Å². The van der Waals surface area contributed by atoms with Crippen LogP contribution in [-0.2, 0) is 14.3 Å². The van der Waals surface area contributed by atoms with E-state index in [2.05, 4.69) is 10.6 Å². The van der Waals surface area contributed by atoms with Crippen LogP contribution in [0.2, 0.25) is 0 Å². The minimum absolute atomic E-state index is 0.00851. The molecule has 1 unspecified atom stereocenters. The number of hydrogen-bond acceptors (Lipinski definition) is 5. The van der Waals surface area contributed by atoms with Crippen molar-refractivity contribution in [1.29, 1.82) is 0 Å². The summed E-state index contributed by atoms with van der Waals surface area (Å²) >= 11 is 0. The second kappa shape index (κ2) is 11.3. The van der Waals surface area contributed by atoms with Gasteiger partial charge in [-0.1, -0.05) is 30.3 Å². The number of ether oxygens (including phenoxy) is 1. The Bertz CT molecular complexity index is 907. The summed E-state index contributed by atoms with van der Waals surface area (Å²) in [7, 11) is 0. The van der Waals surface area contributed by atoms with E-state index in [1.54, 1.807) is 36.1 Å². The molecule has 2 N–H and O–H groups in total. The average Bonchev–Trinajstić information content (AvgIpc) is 2.83.